The fourth-order valence-corrected chi connectivity index (χ4v) is 6.51. The molecule has 0 N–H and O–H groups in total. The van der Waals surface area contributed by atoms with Crippen molar-refractivity contribution in [2.45, 2.75) is 44.6 Å². The lowest BCUT2D eigenvalue weighted by molar-refractivity contribution is -0.137. The van der Waals surface area contributed by atoms with Crippen molar-refractivity contribution in [3.8, 4) is 0 Å². The molecule has 1 aliphatic carbocycles. The number of piperazine rings is 1. The number of halogens is 3. The molecule has 2 fully saturated rings. The second-order valence-electron chi connectivity index (χ2n) is 9.76. The lowest BCUT2D eigenvalue weighted by Gasteiger charge is -2.36. The fourth-order valence-electron chi connectivity index (χ4n) is 5.31. The monoisotopic (exact) mass is 503 g/mol. The van der Waals surface area contributed by atoms with Gasteiger partial charge in [-0.25, -0.2) is 4.98 Å². The van der Waals surface area contributed by atoms with E-state index < -0.39 is 11.7 Å². The largest absolute Gasteiger partial charge is 0.416 e. The first-order chi connectivity index (χ1) is 16.9. The van der Waals surface area contributed by atoms with Crippen LogP contribution in [0.15, 0.2) is 35.4 Å². The summed E-state index contributed by atoms with van der Waals surface area (Å²) in [5.74, 6) is 0. The summed E-state index contributed by atoms with van der Waals surface area (Å²) in [6.07, 6.45) is 0.839. The molecular weight excluding hydrogens is 475 g/mol. The Morgan fingerprint density at radius 1 is 1.06 bits per heavy atom. The SMILES string of the molecule is O=c1c2c3c(sc2ncn1CCN1CCN(c2cccc(C(F)(F)F)c2)CC1)CN(C1CC1)CC3. The number of hydrogen-bond acceptors (Lipinski definition) is 6. The molecule has 6 rings (SSSR count). The van der Waals surface area contributed by atoms with Gasteiger partial charge < -0.3 is 4.90 Å². The predicted molar refractivity (Wildman–Crippen MR) is 131 cm³/mol. The van der Waals surface area contributed by atoms with Gasteiger partial charge in [0, 0.05) is 69.0 Å². The molecule has 186 valence electrons. The van der Waals surface area contributed by atoms with Crippen LogP contribution in [0, 0.1) is 0 Å². The average molecular weight is 504 g/mol. The molecule has 1 saturated heterocycles. The summed E-state index contributed by atoms with van der Waals surface area (Å²) >= 11 is 1.67. The van der Waals surface area contributed by atoms with Crippen molar-refractivity contribution in [2.24, 2.45) is 0 Å². The van der Waals surface area contributed by atoms with Gasteiger partial charge >= 0.3 is 6.18 Å². The summed E-state index contributed by atoms with van der Waals surface area (Å²) in [5.41, 5.74) is 1.24. The zero-order chi connectivity index (χ0) is 24.2. The van der Waals surface area contributed by atoms with Gasteiger partial charge in [0.2, 0.25) is 0 Å². The van der Waals surface area contributed by atoms with E-state index in [0.29, 0.717) is 31.9 Å². The molecule has 4 heterocycles. The Morgan fingerprint density at radius 3 is 2.60 bits per heavy atom. The summed E-state index contributed by atoms with van der Waals surface area (Å²) in [6.45, 7) is 6.03. The van der Waals surface area contributed by atoms with Crippen LogP contribution in [0.25, 0.3) is 10.2 Å². The van der Waals surface area contributed by atoms with E-state index >= 15 is 0 Å². The predicted octanol–water partition coefficient (Wildman–Crippen LogP) is 3.82. The molecule has 0 amide bonds. The molecule has 0 unspecified atom stereocenters. The molecule has 0 atom stereocenters. The zero-order valence-electron chi connectivity index (χ0n) is 19.4. The number of nitrogens with zero attached hydrogens (tertiary/aromatic N) is 5. The van der Waals surface area contributed by atoms with E-state index in [4.69, 9.17) is 0 Å². The van der Waals surface area contributed by atoms with Crippen LogP contribution >= 0.6 is 11.3 Å². The third kappa shape index (κ3) is 4.59. The summed E-state index contributed by atoms with van der Waals surface area (Å²) in [7, 11) is 0. The van der Waals surface area contributed by atoms with Crippen LogP contribution in [0.3, 0.4) is 0 Å². The number of fused-ring (bicyclic) bond motifs is 3. The highest BCUT2D eigenvalue weighted by Gasteiger charge is 2.33. The van der Waals surface area contributed by atoms with Crippen LogP contribution in [0.4, 0.5) is 18.9 Å². The van der Waals surface area contributed by atoms with Crippen molar-refractivity contribution in [1.29, 1.82) is 0 Å². The Morgan fingerprint density at radius 2 is 1.86 bits per heavy atom. The maximum Gasteiger partial charge on any atom is 0.416 e. The Balaban J connectivity index is 1.10. The topological polar surface area (TPSA) is 44.6 Å². The van der Waals surface area contributed by atoms with Gasteiger partial charge in [-0.3, -0.25) is 19.2 Å². The van der Waals surface area contributed by atoms with E-state index in [2.05, 4.69) is 14.8 Å². The molecule has 0 spiro atoms. The van der Waals surface area contributed by atoms with Crippen LogP contribution < -0.4 is 10.5 Å². The molecule has 0 bridgehead atoms. The Hall–Kier alpha value is -2.43. The van der Waals surface area contributed by atoms with E-state index in [-0.39, 0.29) is 5.56 Å². The summed E-state index contributed by atoms with van der Waals surface area (Å²) in [5, 5.41) is 0.803. The number of hydrogen-bond donors (Lipinski definition) is 0. The molecule has 6 nitrogen and oxygen atoms in total. The highest BCUT2D eigenvalue weighted by molar-refractivity contribution is 7.18. The molecule has 2 aliphatic heterocycles. The maximum absolute atomic E-state index is 13.3. The molecule has 2 aromatic heterocycles. The summed E-state index contributed by atoms with van der Waals surface area (Å²) < 4.78 is 40.9. The van der Waals surface area contributed by atoms with Crippen LogP contribution in [-0.2, 0) is 25.7 Å². The number of alkyl halides is 3. The Labute approximate surface area is 205 Å². The molecule has 35 heavy (non-hydrogen) atoms. The minimum atomic E-state index is -4.33. The summed E-state index contributed by atoms with van der Waals surface area (Å²) in [4.78, 5) is 26.9. The van der Waals surface area contributed by atoms with Gasteiger partial charge in [-0.2, -0.15) is 13.2 Å². The van der Waals surface area contributed by atoms with Gasteiger partial charge in [0.1, 0.15) is 4.83 Å². The van der Waals surface area contributed by atoms with Gasteiger partial charge in [0.25, 0.3) is 5.56 Å². The van der Waals surface area contributed by atoms with Crippen molar-refractivity contribution in [1.82, 2.24) is 19.4 Å². The third-order valence-electron chi connectivity index (χ3n) is 7.49. The zero-order valence-corrected chi connectivity index (χ0v) is 20.2. The first-order valence-electron chi connectivity index (χ1n) is 12.2. The molecule has 1 saturated carbocycles. The van der Waals surface area contributed by atoms with Crippen molar-refractivity contribution < 1.29 is 13.2 Å². The van der Waals surface area contributed by atoms with Crippen molar-refractivity contribution >= 4 is 27.2 Å². The second kappa shape index (κ2) is 8.90. The number of thiophene rings is 1. The summed E-state index contributed by atoms with van der Waals surface area (Å²) in [6, 6.07) is 6.26. The molecular formula is C25H28F3N5OS. The first-order valence-corrected chi connectivity index (χ1v) is 13.1. The highest BCUT2D eigenvalue weighted by atomic mass is 32.1. The molecule has 10 heteroatoms. The van der Waals surface area contributed by atoms with Crippen LogP contribution in [0.1, 0.15) is 28.8 Å². The normalized spacial score (nSPS) is 19.9. The molecule has 3 aromatic rings. The minimum Gasteiger partial charge on any atom is -0.369 e. The van der Waals surface area contributed by atoms with Gasteiger partial charge in [0.15, 0.2) is 0 Å². The lowest BCUT2D eigenvalue weighted by atomic mass is 10.1. The molecule has 0 radical (unpaired) electrons. The highest BCUT2D eigenvalue weighted by Crippen LogP contribution is 2.37. The van der Waals surface area contributed by atoms with Crippen LogP contribution in [-0.4, -0.2) is 64.7 Å². The second-order valence-corrected chi connectivity index (χ2v) is 10.8. The van der Waals surface area contributed by atoms with Crippen LogP contribution in [0.5, 0.6) is 0 Å². The standard InChI is InChI=1S/C25H28F3N5OS/c26-25(27,28)17-2-1-3-19(14-17)31-11-8-30(9-12-31)10-13-33-16-29-23-22(24(33)34)20-6-7-32(18-4-5-18)15-21(20)35-23/h1-3,14,16,18H,4-13,15H2. The third-order valence-corrected chi connectivity index (χ3v) is 8.61. The van der Waals surface area contributed by atoms with Gasteiger partial charge in [-0.1, -0.05) is 6.07 Å². The van der Waals surface area contributed by atoms with E-state index in [1.54, 1.807) is 28.3 Å². The van der Waals surface area contributed by atoms with Crippen molar-refractivity contribution in [3.05, 3.63) is 57.0 Å². The van der Waals surface area contributed by atoms with E-state index in [0.717, 1.165) is 54.9 Å². The van der Waals surface area contributed by atoms with Crippen molar-refractivity contribution in [3.63, 3.8) is 0 Å². The Bertz CT molecular complexity index is 1290. The number of anilines is 1. The average Bonchev–Trinajstić information content (AvgIpc) is 3.64. The smallest absolute Gasteiger partial charge is 0.369 e. The van der Waals surface area contributed by atoms with Gasteiger partial charge in [-0.05, 0) is 43.0 Å². The van der Waals surface area contributed by atoms with Gasteiger partial charge in [0.05, 0.1) is 17.3 Å². The van der Waals surface area contributed by atoms with E-state index in [9.17, 15) is 18.0 Å². The van der Waals surface area contributed by atoms with E-state index in [1.807, 2.05) is 4.90 Å². The number of rotatable bonds is 5. The lowest BCUT2D eigenvalue weighted by Crippen LogP contribution is -2.47. The first kappa shape index (κ1) is 23.0. The van der Waals surface area contributed by atoms with Gasteiger partial charge in [-0.15, -0.1) is 11.3 Å². The molecule has 3 aliphatic rings. The van der Waals surface area contributed by atoms with Crippen LogP contribution in [0.2, 0.25) is 0 Å². The minimum absolute atomic E-state index is 0.0509. The fraction of sp³-hybridized carbons (Fsp3) is 0.520. The van der Waals surface area contributed by atoms with Crippen molar-refractivity contribution in [2.75, 3.05) is 44.2 Å². The number of benzene rings is 1. The quantitative estimate of drug-likeness (QED) is 0.530. The number of aromatic nitrogens is 2. The maximum atomic E-state index is 13.3. The van der Waals surface area contributed by atoms with E-state index in [1.165, 1.54) is 35.4 Å². The Kier molecular flexibility index (Phi) is 5.85. The molecule has 1 aromatic carbocycles.